The summed E-state index contributed by atoms with van der Waals surface area (Å²) in [5.74, 6) is 0. The molecule has 1 aromatic heterocycles. The maximum Gasteiger partial charge on any atom is 0.273 e. The number of hydrogen-bond donors (Lipinski definition) is 1. The number of nitrogens with two attached hydrogens (primary N) is 1. The lowest BCUT2D eigenvalue weighted by Crippen LogP contribution is -2.25. The first-order valence-electron chi connectivity index (χ1n) is 5.94. The fraction of sp³-hybridized carbons (Fsp3) is 0.583. The predicted molar refractivity (Wildman–Crippen MR) is 65.4 cm³/mol. The largest absolute Gasteiger partial charge is 0.394 e. The topological polar surface area (TPSA) is 51.3 Å². The summed E-state index contributed by atoms with van der Waals surface area (Å²) in [7, 11) is 0. The zero-order valence-electron chi connectivity index (χ0n) is 9.56. The van der Waals surface area contributed by atoms with Crippen molar-refractivity contribution in [1.82, 2.24) is 9.47 Å². The van der Waals surface area contributed by atoms with Gasteiger partial charge in [0.1, 0.15) is 0 Å². The van der Waals surface area contributed by atoms with Crippen LogP contribution in [0.2, 0.25) is 0 Å². The molecule has 2 N–H and O–H groups in total. The van der Waals surface area contributed by atoms with Crippen molar-refractivity contribution in [3.8, 4) is 0 Å². The number of aryl methyl sites for hydroxylation is 1. The van der Waals surface area contributed by atoms with E-state index in [9.17, 15) is 4.79 Å². The fourth-order valence-electron chi connectivity index (χ4n) is 2.20. The summed E-state index contributed by atoms with van der Waals surface area (Å²) in [6, 6.07) is 3.48. The Morgan fingerprint density at radius 2 is 2.00 bits per heavy atom. The molecule has 0 spiro atoms. The molecule has 88 valence electrons. The summed E-state index contributed by atoms with van der Waals surface area (Å²) in [5.41, 5.74) is 5.84. The lowest BCUT2D eigenvalue weighted by atomic mass is 10.3. The third-order valence-corrected chi connectivity index (χ3v) is 3.12. The molecular formula is C12H19N3O. The summed E-state index contributed by atoms with van der Waals surface area (Å²) in [6.45, 7) is 4.28. The minimum Gasteiger partial charge on any atom is -0.394 e. The molecule has 0 aliphatic carbocycles. The summed E-state index contributed by atoms with van der Waals surface area (Å²) in [4.78, 5) is 14.1. The molecule has 2 rings (SSSR count). The molecule has 0 unspecified atom stereocenters. The number of anilines is 1. The second-order valence-corrected chi connectivity index (χ2v) is 4.36. The Morgan fingerprint density at radius 3 is 2.75 bits per heavy atom. The Hall–Kier alpha value is -1.29. The van der Waals surface area contributed by atoms with Crippen LogP contribution in [0.15, 0.2) is 23.1 Å². The van der Waals surface area contributed by atoms with Crippen LogP contribution in [0, 0.1) is 0 Å². The average molecular weight is 221 g/mol. The van der Waals surface area contributed by atoms with Gasteiger partial charge in [-0.05, 0) is 51.0 Å². The van der Waals surface area contributed by atoms with Crippen LogP contribution >= 0.6 is 0 Å². The minimum absolute atomic E-state index is 0.0658. The second kappa shape index (κ2) is 5.16. The van der Waals surface area contributed by atoms with E-state index in [-0.39, 0.29) is 5.56 Å². The lowest BCUT2D eigenvalue weighted by Gasteiger charge is -2.14. The van der Waals surface area contributed by atoms with Crippen LogP contribution in [-0.2, 0) is 6.54 Å². The third-order valence-electron chi connectivity index (χ3n) is 3.12. The molecule has 1 fully saturated rings. The van der Waals surface area contributed by atoms with Gasteiger partial charge in [-0.15, -0.1) is 0 Å². The molecule has 4 nitrogen and oxygen atoms in total. The Labute approximate surface area is 95.7 Å². The Balaban J connectivity index is 1.85. The Kier molecular flexibility index (Phi) is 3.62. The van der Waals surface area contributed by atoms with Crippen molar-refractivity contribution in [3.05, 3.63) is 28.7 Å². The predicted octanol–water partition coefficient (Wildman–Crippen LogP) is 0.916. The smallest absolute Gasteiger partial charge is 0.273 e. The maximum absolute atomic E-state index is 11.6. The highest BCUT2D eigenvalue weighted by Gasteiger charge is 2.10. The standard InChI is InChI=1S/C12H19N3O/c13-11-5-3-9-15(12(11)16)10-4-8-14-6-1-2-7-14/h3,5,9H,1-2,4,6-8,10,13H2. The third kappa shape index (κ3) is 2.64. The van der Waals surface area contributed by atoms with Gasteiger partial charge in [0.2, 0.25) is 0 Å². The van der Waals surface area contributed by atoms with E-state index in [0.717, 1.165) is 19.5 Å². The van der Waals surface area contributed by atoms with Crippen molar-refractivity contribution in [2.45, 2.75) is 25.8 Å². The van der Waals surface area contributed by atoms with Crippen molar-refractivity contribution < 1.29 is 0 Å². The van der Waals surface area contributed by atoms with Gasteiger partial charge in [-0.25, -0.2) is 0 Å². The van der Waals surface area contributed by atoms with Crippen molar-refractivity contribution in [2.24, 2.45) is 0 Å². The fourth-order valence-corrected chi connectivity index (χ4v) is 2.20. The van der Waals surface area contributed by atoms with Crippen molar-refractivity contribution >= 4 is 5.69 Å². The van der Waals surface area contributed by atoms with E-state index < -0.39 is 0 Å². The molecule has 0 amide bonds. The van der Waals surface area contributed by atoms with Gasteiger partial charge in [0.05, 0.1) is 5.69 Å². The highest BCUT2D eigenvalue weighted by Crippen LogP contribution is 2.07. The molecule has 16 heavy (non-hydrogen) atoms. The second-order valence-electron chi connectivity index (χ2n) is 4.36. The van der Waals surface area contributed by atoms with Crippen LogP contribution < -0.4 is 11.3 Å². The van der Waals surface area contributed by atoms with Gasteiger partial charge in [-0.1, -0.05) is 0 Å². The van der Waals surface area contributed by atoms with E-state index in [1.807, 2.05) is 12.3 Å². The van der Waals surface area contributed by atoms with Gasteiger partial charge in [0.25, 0.3) is 5.56 Å². The summed E-state index contributed by atoms with van der Waals surface area (Å²) >= 11 is 0. The SMILES string of the molecule is Nc1cccn(CCCN2CCCC2)c1=O. The van der Waals surface area contributed by atoms with E-state index in [1.165, 1.54) is 25.9 Å². The molecule has 1 aromatic rings. The zero-order chi connectivity index (χ0) is 11.4. The maximum atomic E-state index is 11.6. The quantitative estimate of drug-likeness (QED) is 0.822. The van der Waals surface area contributed by atoms with Crippen LogP contribution in [0.5, 0.6) is 0 Å². The lowest BCUT2D eigenvalue weighted by molar-refractivity contribution is 0.324. The molecule has 0 saturated carbocycles. The summed E-state index contributed by atoms with van der Waals surface area (Å²) < 4.78 is 1.70. The number of likely N-dealkylation sites (tertiary alicyclic amines) is 1. The molecule has 2 heterocycles. The molecule has 0 aromatic carbocycles. The number of rotatable bonds is 4. The first-order chi connectivity index (χ1) is 7.77. The first kappa shape index (κ1) is 11.2. The van der Waals surface area contributed by atoms with Crippen LogP contribution in [0.3, 0.4) is 0 Å². The van der Waals surface area contributed by atoms with Gasteiger partial charge >= 0.3 is 0 Å². The Morgan fingerprint density at radius 1 is 1.25 bits per heavy atom. The number of nitrogens with zero attached hydrogens (tertiary/aromatic N) is 2. The molecule has 4 heteroatoms. The Bertz CT molecular complexity index is 393. The number of aromatic nitrogens is 1. The van der Waals surface area contributed by atoms with E-state index in [0.29, 0.717) is 5.69 Å². The first-order valence-corrected chi connectivity index (χ1v) is 5.94. The number of nitrogen functional groups attached to an aromatic ring is 1. The van der Waals surface area contributed by atoms with Crippen molar-refractivity contribution in [2.75, 3.05) is 25.4 Å². The molecule has 0 radical (unpaired) electrons. The van der Waals surface area contributed by atoms with Gasteiger partial charge < -0.3 is 15.2 Å². The monoisotopic (exact) mass is 221 g/mol. The average Bonchev–Trinajstić information content (AvgIpc) is 2.77. The highest BCUT2D eigenvalue weighted by molar-refractivity contribution is 5.33. The molecular weight excluding hydrogens is 202 g/mol. The van der Waals surface area contributed by atoms with E-state index in [2.05, 4.69) is 4.90 Å². The van der Waals surface area contributed by atoms with Gasteiger partial charge in [-0.3, -0.25) is 4.79 Å². The van der Waals surface area contributed by atoms with E-state index >= 15 is 0 Å². The number of hydrogen-bond acceptors (Lipinski definition) is 3. The van der Waals surface area contributed by atoms with Gasteiger partial charge in [0.15, 0.2) is 0 Å². The van der Waals surface area contributed by atoms with Crippen LogP contribution in [0.25, 0.3) is 0 Å². The van der Waals surface area contributed by atoms with E-state index in [4.69, 9.17) is 5.73 Å². The van der Waals surface area contributed by atoms with Crippen LogP contribution in [-0.4, -0.2) is 29.1 Å². The van der Waals surface area contributed by atoms with Crippen LogP contribution in [0.1, 0.15) is 19.3 Å². The van der Waals surface area contributed by atoms with Gasteiger partial charge in [-0.2, -0.15) is 0 Å². The molecule has 0 atom stereocenters. The molecule has 1 aliphatic heterocycles. The van der Waals surface area contributed by atoms with Crippen molar-refractivity contribution in [3.63, 3.8) is 0 Å². The molecule has 0 bridgehead atoms. The highest BCUT2D eigenvalue weighted by atomic mass is 16.1. The minimum atomic E-state index is -0.0658. The van der Waals surface area contributed by atoms with Crippen LogP contribution in [0.4, 0.5) is 5.69 Å². The summed E-state index contributed by atoms with van der Waals surface area (Å²) in [5, 5.41) is 0. The normalized spacial score (nSPS) is 16.8. The van der Waals surface area contributed by atoms with Crippen molar-refractivity contribution in [1.29, 1.82) is 0 Å². The van der Waals surface area contributed by atoms with Gasteiger partial charge in [0, 0.05) is 12.7 Å². The number of pyridine rings is 1. The zero-order valence-corrected chi connectivity index (χ0v) is 9.56. The summed E-state index contributed by atoms with van der Waals surface area (Å²) in [6.07, 6.45) is 5.46. The van der Waals surface area contributed by atoms with E-state index in [1.54, 1.807) is 10.6 Å². The molecule has 1 saturated heterocycles. The molecule has 1 aliphatic rings.